The first-order chi connectivity index (χ1) is 10.3. The fourth-order valence-electron chi connectivity index (χ4n) is 5.31. The monoisotopic (exact) mass is 292 g/mol. The number of nitrogens with two attached hydrogens (primary N) is 1. The molecule has 0 atom stereocenters. The maximum absolute atomic E-state index is 6.15. The van der Waals surface area contributed by atoms with Crippen LogP contribution in [0.3, 0.4) is 0 Å². The van der Waals surface area contributed by atoms with Crippen LogP contribution in [0, 0.1) is 10.8 Å². The van der Waals surface area contributed by atoms with Crippen LogP contribution in [0.15, 0.2) is 0 Å². The summed E-state index contributed by atoms with van der Waals surface area (Å²) in [5.74, 6) is 0. The average Bonchev–Trinajstić information content (AvgIpc) is 2.56. The lowest BCUT2D eigenvalue weighted by molar-refractivity contribution is 0.0554. The van der Waals surface area contributed by atoms with E-state index in [2.05, 4.69) is 4.90 Å². The van der Waals surface area contributed by atoms with E-state index in [0.717, 1.165) is 12.0 Å². The minimum absolute atomic E-state index is 0.498. The topological polar surface area (TPSA) is 29.3 Å². The highest BCUT2D eigenvalue weighted by molar-refractivity contribution is 4.90. The van der Waals surface area contributed by atoms with Gasteiger partial charge >= 0.3 is 0 Å². The second kappa shape index (κ2) is 7.00. The van der Waals surface area contributed by atoms with E-state index in [4.69, 9.17) is 5.73 Å². The molecule has 21 heavy (non-hydrogen) atoms. The molecule has 3 fully saturated rings. The molecule has 1 spiro atoms. The van der Waals surface area contributed by atoms with E-state index in [-0.39, 0.29) is 0 Å². The average molecular weight is 293 g/mol. The Balaban J connectivity index is 1.44. The van der Waals surface area contributed by atoms with Crippen LogP contribution in [0.1, 0.15) is 83.5 Å². The maximum Gasteiger partial charge on any atom is -0.00130 e. The van der Waals surface area contributed by atoms with Gasteiger partial charge in [-0.3, -0.25) is 0 Å². The molecular weight excluding hydrogens is 256 g/mol. The molecule has 2 nitrogen and oxygen atoms in total. The number of nitrogens with zero attached hydrogens (tertiary/aromatic N) is 1. The van der Waals surface area contributed by atoms with Crippen LogP contribution in [0.2, 0.25) is 0 Å². The first-order valence-electron chi connectivity index (χ1n) is 9.69. The Kier molecular flexibility index (Phi) is 5.27. The molecule has 0 aromatic carbocycles. The first kappa shape index (κ1) is 15.8. The predicted octanol–water partition coefficient (Wildman–Crippen LogP) is 4.33. The van der Waals surface area contributed by atoms with Crippen LogP contribution in [0.25, 0.3) is 0 Å². The molecule has 0 aromatic rings. The van der Waals surface area contributed by atoms with Crippen LogP contribution < -0.4 is 5.73 Å². The van der Waals surface area contributed by atoms with Gasteiger partial charge in [0.1, 0.15) is 0 Å². The van der Waals surface area contributed by atoms with Gasteiger partial charge in [0.15, 0.2) is 0 Å². The van der Waals surface area contributed by atoms with Crippen molar-refractivity contribution in [2.75, 3.05) is 26.2 Å². The minimum atomic E-state index is 0.498. The molecule has 0 radical (unpaired) electrons. The van der Waals surface area contributed by atoms with Gasteiger partial charge in [-0.25, -0.2) is 0 Å². The number of hydrogen-bond donors (Lipinski definition) is 1. The van der Waals surface area contributed by atoms with Crippen molar-refractivity contribution >= 4 is 0 Å². The van der Waals surface area contributed by atoms with Crippen LogP contribution in [-0.4, -0.2) is 31.1 Å². The number of likely N-dealkylation sites (tertiary alicyclic amines) is 1. The molecule has 0 amide bonds. The van der Waals surface area contributed by atoms with Gasteiger partial charge in [0.05, 0.1) is 0 Å². The third kappa shape index (κ3) is 3.82. The van der Waals surface area contributed by atoms with Crippen LogP contribution in [0.5, 0.6) is 0 Å². The summed E-state index contributed by atoms with van der Waals surface area (Å²) < 4.78 is 0. The van der Waals surface area contributed by atoms with Crippen molar-refractivity contribution in [1.29, 1.82) is 0 Å². The molecule has 2 heteroatoms. The predicted molar refractivity (Wildman–Crippen MR) is 90.4 cm³/mol. The largest absolute Gasteiger partial charge is 0.330 e. The van der Waals surface area contributed by atoms with E-state index in [9.17, 15) is 0 Å². The summed E-state index contributed by atoms with van der Waals surface area (Å²) in [4.78, 5) is 2.76. The molecule has 0 bridgehead atoms. The van der Waals surface area contributed by atoms with Gasteiger partial charge < -0.3 is 10.6 Å². The van der Waals surface area contributed by atoms with Crippen molar-refractivity contribution in [3.63, 3.8) is 0 Å². The highest BCUT2D eigenvalue weighted by atomic mass is 15.1. The molecule has 2 N–H and O–H groups in total. The summed E-state index contributed by atoms with van der Waals surface area (Å²) in [5, 5.41) is 0. The maximum atomic E-state index is 6.15. The van der Waals surface area contributed by atoms with Gasteiger partial charge in [0.25, 0.3) is 0 Å². The van der Waals surface area contributed by atoms with Crippen molar-refractivity contribution < 1.29 is 0 Å². The van der Waals surface area contributed by atoms with Crippen LogP contribution >= 0.6 is 0 Å². The SMILES string of the molecule is NCC1(CCN2CCC3(CCCCC3)CC2)CCCCC1. The zero-order valence-electron chi connectivity index (χ0n) is 14.0. The van der Waals surface area contributed by atoms with E-state index in [1.165, 1.54) is 103 Å². The molecule has 0 aromatic heterocycles. The number of rotatable bonds is 4. The van der Waals surface area contributed by atoms with E-state index < -0.39 is 0 Å². The summed E-state index contributed by atoms with van der Waals surface area (Å²) in [5.41, 5.74) is 7.40. The third-order valence-corrected chi connectivity index (χ3v) is 7.14. The molecule has 0 unspecified atom stereocenters. The molecular formula is C19H36N2. The van der Waals surface area contributed by atoms with Gasteiger partial charge in [0, 0.05) is 0 Å². The third-order valence-electron chi connectivity index (χ3n) is 7.14. The highest BCUT2D eigenvalue weighted by Crippen LogP contribution is 2.45. The van der Waals surface area contributed by atoms with Gasteiger partial charge in [-0.2, -0.15) is 0 Å². The normalized spacial score (nSPS) is 29.6. The van der Waals surface area contributed by atoms with Crippen LogP contribution in [-0.2, 0) is 0 Å². The Morgan fingerprint density at radius 2 is 1.29 bits per heavy atom. The van der Waals surface area contributed by atoms with Gasteiger partial charge in [-0.15, -0.1) is 0 Å². The second-order valence-corrected chi connectivity index (χ2v) is 8.42. The summed E-state index contributed by atoms with van der Waals surface area (Å²) in [6.07, 6.45) is 18.9. The molecule has 122 valence electrons. The molecule has 1 aliphatic heterocycles. The van der Waals surface area contributed by atoms with Crippen molar-refractivity contribution in [1.82, 2.24) is 4.90 Å². The lowest BCUT2D eigenvalue weighted by Gasteiger charge is -2.45. The second-order valence-electron chi connectivity index (χ2n) is 8.42. The van der Waals surface area contributed by atoms with Crippen LogP contribution in [0.4, 0.5) is 0 Å². The number of piperidine rings is 1. The summed E-state index contributed by atoms with van der Waals surface area (Å²) in [6.45, 7) is 4.96. The van der Waals surface area contributed by atoms with Crippen molar-refractivity contribution in [2.24, 2.45) is 16.6 Å². The Morgan fingerprint density at radius 1 is 0.714 bits per heavy atom. The summed E-state index contributed by atoms with van der Waals surface area (Å²) >= 11 is 0. The van der Waals surface area contributed by atoms with Gasteiger partial charge in [0.2, 0.25) is 0 Å². The molecule has 1 saturated heterocycles. The van der Waals surface area contributed by atoms with E-state index in [0.29, 0.717) is 5.41 Å². The fraction of sp³-hybridized carbons (Fsp3) is 1.00. The smallest absolute Gasteiger partial charge is 0.00130 e. The first-order valence-corrected chi connectivity index (χ1v) is 9.69. The van der Waals surface area contributed by atoms with Crippen molar-refractivity contribution in [3.8, 4) is 0 Å². The molecule has 2 saturated carbocycles. The van der Waals surface area contributed by atoms with E-state index in [1.54, 1.807) is 0 Å². The van der Waals surface area contributed by atoms with E-state index in [1.807, 2.05) is 0 Å². The Hall–Kier alpha value is -0.0800. The van der Waals surface area contributed by atoms with Crippen molar-refractivity contribution in [2.45, 2.75) is 83.5 Å². The quantitative estimate of drug-likeness (QED) is 0.835. The lowest BCUT2D eigenvalue weighted by Crippen LogP contribution is -2.43. The molecule has 2 aliphatic carbocycles. The minimum Gasteiger partial charge on any atom is -0.330 e. The van der Waals surface area contributed by atoms with E-state index >= 15 is 0 Å². The highest BCUT2D eigenvalue weighted by Gasteiger charge is 2.36. The molecule has 1 heterocycles. The Labute approximate surface area is 131 Å². The standard InChI is InChI=1S/C19H36N2/c20-17-19(9-5-2-6-10-19)13-16-21-14-11-18(12-15-21)7-3-1-4-8-18/h1-17,20H2. The summed E-state index contributed by atoms with van der Waals surface area (Å²) in [6, 6.07) is 0. The zero-order valence-corrected chi connectivity index (χ0v) is 14.0. The molecule has 3 rings (SSSR count). The van der Waals surface area contributed by atoms with Crippen molar-refractivity contribution in [3.05, 3.63) is 0 Å². The Morgan fingerprint density at radius 3 is 1.86 bits per heavy atom. The summed E-state index contributed by atoms with van der Waals surface area (Å²) in [7, 11) is 0. The fourth-order valence-corrected chi connectivity index (χ4v) is 5.31. The Bertz CT molecular complexity index is 304. The number of hydrogen-bond acceptors (Lipinski definition) is 2. The van der Waals surface area contributed by atoms with Gasteiger partial charge in [-0.05, 0) is 82.0 Å². The zero-order chi connectivity index (χ0) is 14.6. The lowest BCUT2D eigenvalue weighted by atomic mass is 9.68. The van der Waals surface area contributed by atoms with Gasteiger partial charge in [-0.1, -0.05) is 38.5 Å². The molecule has 3 aliphatic rings.